The van der Waals surface area contributed by atoms with Crippen LogP contribution in [0.3, 0.4) is 0 Å². The summed E-state index contributed by atoms with van der Waals surface area (Å²) in [6.07, 6.45) is 3.11. The molecule has 5 rings (SSSR count). The maximum atomic E-state index is 12.4. The van der Waals surface area contributed by atoms with E-state index >= 15 is 0 Å². The first-order valence-corrected chi connectivity index (χ1v) is 10.7. The number of fused-ring (bicyclic) bond motifs is 1. The molecule has 0 unspecified atom stereocenters. The fraction of sp³-hybridized carbons (Fsp3) is 0.0500. The minimum Gasteiger partial charge on any atom is -0.463 e. The molecule has 0 atom stereocenters. The number of amides is 1. The van der Waals surface area contributed by atoms with Gasteiger partial charge >= 0.3 is 0 Å². The molecule has 0 bridgehead atoms. The molecule has 30 heavy (non-hydrogen) atoms. The molecule has 0 spiro atoms. The van der Waals surface area contributed by atoms with Gasteiger partial charge in [0.1, 0.15) is 5.69 Å². The largest absolute Gasteiger partial charge is 0.463 e. The van der Waals surface area contributed by atoms with Crippen molar-refractivity contribution in [1.29, 1.82) is 0 Å². The number of aromatic nitrogens is 4. The molecule has 4 heterocycles. The average molecular weight is 435 g/mol. The summed E-state index contributed by atoms with van der Waals surface area (Å²) in [6, 6.07) is 14.8. The van der Waals surface area contributed by atoms with E-state index in [0.29, 0.717) is 33.2 Å². The van der Waals surface area contributed by atoms with Crippen LogP contribution in [-0.4, -0.2) is 31.8 Å². The van der Waals surface area contributed by atoms with E-state index in [1.807, 2.05) is 24.3 Å². The third-order valence-electron chi connectivity index (χ3n) is 4.05. The maximum absolute atomic E-state index is 12.4. The number of hydrogen-bond acceptors (Lipinski definition) is 9. The Morgan fingerprint density at radius 2 is 1.70 bits per heavy atom. The first-order chi connectivity index (χ1) is 14.8. The van der Waals surface area contributed by atoms with E-state index in [4.69, 9.17) is 8.83 Å². The number of nitrogens with zero attached hydrogens (tertiary/aromatic N) is 4. The molecule has 0 aliphatic rings. The lowest BCUT2D eigenvalue weighted by molar-refractivity contribution is -0.113. The number of carbonyl (C=O) groups excluding carboxylic acids is 1. The van der Waals surface area contributed by atoms with Crippen LogP contribution < -0.4 is 5.32 Å². The van der Waals surface area contributed by atoms with Crippen LogP contribution in [0.1, 0.15) is 0 Å². The Bertz CT molecular complexity index is 1270. The summed E-state index contributed by atoms with van der Waals surface area (Å²) in [6.45, 7) is 0. The topological polar surface area (TPSA) is 107 Å². The number of furan rings is 2. The molecule has 148 valence electrons. The Labute approximate surface area is 178 Å². The normalized spacial score (nSPS) is 11.1. The molecular weight excluding hydrogens is 422 g/mol. The molecule has 1 N–H and O–H groups in total. The van der Waals surface area contributed by atoms with Gasteiger partial charge in [-0.2, -0.15) is 0 Å². The predicted octanol–water partition coefficient (Wildman–Crippen LogP) is 4.73. The highest BCUT2D eigenvalue weighted by Gasteiger charge is 2.18. The summed E-state index contributed by atoms with van der Waals surface area (Å²) in [5, 5.41) is 12.1. The van der Waals surface area contributed by atoms with Gasteiger partial charge in [-0.1, -0.05) is 35.2 Å². The standard InChI is InChI=1S/C20H13N5O3S2/c26-16(22-19-21-12-5-1-2-8-15(12)30-19)11-29-20-23-17(13-6-3-9-27-13)18(24-25-20)14-7-4-10-28-14/h1-10H,11H2,(H,21,22,26). The van der Waals surface area contributed by atoms with Gasteiger partial charge in [-0.3, -0.25) is 4.79 Å². The van der Waals surface area contributed by atoms with Gasteiger partial charge in [-0.05, 0) is 36.4 Å². The lowest BCUT2D eigenvalue weighted by Gasteiger charge is -2.05. The Kier molecular flexibility index (Phi) is 4.99. The van der Waals surface area contributed by atoms with E-state index in [1.54, 1.807) is 36.8 Å². The zero-order chi connectivity index (χ0) is 20.3. The van der Waals surface area contributed by atoms with E-state index < -0.39 is 0 Å². The number of benzene rings is 1. The summed E-state index contributed by atoms with van der Waals surface area (Å²) >= 11 is 2.61. The molecule has 4 aromatic heterocycles. The Morgan fingerprint density at radius 1 is 0.933 bits per heavy atom. The van der Waals surface area contributed by atoms with Crippen LogP contribution in [0.5, 0.6) is 0 Å². The van der Waals surface area contributed by atoms with E-state index in [2.05, 4.69) is 25.5 Å². The highest BCUT2D eigenvalue weighted by molar-refractivity contribution is 7.99. The maximum Gasteiger partial charge on any atom is 0.236 e. The Balaban J connectivity index is 1.32. The summed E-state index contributed by atoms with van der Waals surface area (Å²) in [4.78, 5) is 21.3. The average Bonchev–Trinajstić information content (AvgIpc) is 3.53. The van der Waals surface area contributed by atoms with Crippen molar-refractivity contribution >= 4 is 44.4 Å². The summed E-state index contributed by atoms with van der Waals surface area (Å²) in [5.74, 6) is 0.996. The van der Waals surface area contributed by atoms with Crippen molar-refractivity contribution in [3.05, 3.63) is 61.1 Å². The van der Waals surface area contributed by atoms with Crippen LogP contribution in [0.2, 0.25) is 0 Å². The first kappa shape index (κ1) is 18.5. The highest BCUT2D eigenvalue weighted by Crippen LogP contribution is 2.30. The van der Waals surface area contributed by atoms with Gasteiger partial charge in [0.25, 0.3) is 0 Å². The quantitative estimate of drug-likeness (QED) is 0.381. The van der Waals surface area contributed by atoms with E-state index in [9.17, 15) is 4.79 Å². The van der Waals surface area contributed by atoms with Gasteiger partial charge in [-0.25, -0.2) is 9.97 Å². The van der Waals surface area contributed by atoms with Crippen LogP contribution in [0.25, 0.3) is 33.1 Å². The number of nitrogens with one attached hydrogen (secondary N) is 1. The summed E-state index contributed by atoms with van der Waals surface area (Å²) in [7, 11) is 0. The molecule has 0 aliphatic heterocycles. The zero-order valence-electron chi connectivity index (χ0n) is 15.3. The fourth-order valence-electron chi connectivity index (χ4n) is 2.75. The van der Waals surface area contributed by atoms with Gasteiger partial charge in [0.05, 0.1) is 28.5 Å². The van der Waals surface area contributed by atoms with Crippen LogP contribution in [0.4, 0.5) is 5.13 Å². The lowest BCUT2D eigenvalue weighted by Crippen LogP contribution is -2.14. The van der Waals surface area contributed by atoms with Gasteiger partial charge < -0.3 is 14.2 Å². The van der Waals surface area contributed by atoms with E-state index in [-0.39, 0.29) is 11.7 Å². The molecule has 8 nitrogen and oxygen atoms in total. The molecule has 1 aromatic carbocycles. The third-order valence-corrected chi connectivity index (χ3v) is 5.84. The van der Waals surface area contributed by atoms with Gasteiger partial charge in [0.15, 0.2) is 22.3 Å². The van der Waals surface area contributed by atoms with Crippen LogP contribution in [-0.2, 0) is 4.79 Å². The van der Waals surface area contributed by atoms with Crippen LogP contribution >= 0.6 is 23.1 Å². The highest BCUT2D eigenvalue weighted by atomic mass is 32.2. The number of carbonyl (C=O) groups is 1. The second-order valence-corrected chi connectivity index (χ2v) is 8.04. The molecule has 5 aromatic rings. The predicted molar refractivity (Wildman–Crippen MR) is 114 cm³/mol. The van der Waals surface area contributed by atoms with Crippen LogP contribution in [0.15, 0.2) is 75.0 Å². The smallest absolute Gasteiger partial charge is 0.236 e. The number of thiazole rings is 1. The van der Waals surface area contributed by atoms with Crippen molar-refractivity contribution < 1.29 is 13.6 Å². The molecule has 0 saturated heterocycles. The van der Waals surface area contributed by atoms with Gasteiger partial charge in [0, 0.05) is 0 Å². The second-order valence-electron chi connectivity index (χ2n) is 6.07. The van der Waals surface area contributed by atoms with Crippen LogP contribution in [0, 0.1) is 0 Å². The van der Waals surface area contributed by atoms with E-state index in [1.165, 1.54) is 23.1 Å². The number of anilines is 1. The Morgan fingerprint density at radius 3 is 2.43 bits per heavy atom. The number of hydrogen-bond donors (Lipinski definition) is 1. The summed E-state index contributed by atoms with van der Waals surface area (Å²) < 4.78 is 11.9. The van der Waals surface area contributed by atoms with Crippen molar-refractivity contribution in [2.75, 3.05) is 11.1 Å². The molecule has 0 saturated carbocycles. The number of rotatable bonds is 6. The third kappa shape index (κ3) is 3.82. The number of thioether (sulfide) groups is 1. The Hall–Kier alpha value is -3.50. The van der Waals surface area contributed by atoms with Crippen molar-refractivity contribution in [2.24, 2.45) is 0 Å². The monoisotopic (exact) mass is 435 g/mol. The van der Waals surface area contributed by atoms with Gasteiger partial charge in [0.2, 0.25) is 11.1 Å². The van der Waals surface area contributed by atoms with Crippen molar-refractivity contribution in [1.82, 2.24) is 20.2 Å². The molecular formula is C20H13N5O3S2. The minimum atomic E-state index is -0.197. The molecule has 10 heteroatoms. The SMILES string of the molecule is O=C(CSc1nnc(-c2ccco2)c(-c2ccco2)n1)Nc1nc2ccccc2s1. The molecule has 0 fully saturated rings. The lowest BCUT2D eigenvalue weighted by atomic mass is 10.2. The molecule has 0 radical (unpaired) electrons. The van der Waals surface area contributed by atoms with Crippen molar-refractivity contribution in [3.63, 3.8) is 0 Å². The fourth-order valence-corrected chi connectivity index (χ4v) is 4.22. The zero-order valence-corrected chi connectivity index (χ0v) is 16.9. The first-order valence-electron chi connectivity index (χ1n) is 8.87. The number of para-hydroxylation sites is 1. The molecule has 1 amide bonds. The van der Waals surface area contributed by atoms with Gasteiger partial charge in [-0.15, -0.1) is 10.2 Å². The van der Waals surface area contributed by atoms with Crippen molar-refractivity contribution in [2.45, 2.75) is 5.16 Å². The second kappa shape index (κ2) is 8.09. The van der Waals surface area contributed by atoms with Crippen molar-refractivity contribution in [3.8, 4) is 22.9 Å². The molecule has 0 aliphatic carbocycles. The van der Waals surface area contributed by atoms with E-state index in [0.717, 1.165) is 10.2 Å². The summed E-state index contributed by atoms with van der Waals surface area (Å²) in [5.41, 5.74) is 1.83. The minimum absolute atomic E-state index is 0.120.